The molecule has 0 atom stereocenters. The number of nitrogens with one attached hydrogen (secondary N) is 1. The second-order valence-electron chi connectivity index (χ2n) is 3.45. The molecule has 1 heterocycles. The number of methoxy groups -OCH3 is 1. The van der Waals surface area contributed by atoms with Gasteiger partial charge in [-0.05, 0) is 23.8 Å². The Hall–Kier alpha value is -2.11. The van der Waals surface area contributed by atoms with Crippen LogP contribution < -0.4 is 10.5 Å². The van der Waals surface area contributed by atoms with Crippen LogP contribution in [0.1, 0.15) is 12.0 Å². The number of benzene rings is 1. The third-order valence-electron chi connectivity index (χ3n) is 2.45. The monoisotopic (exact) mass is 239 g/mol. The molecular formula is C11H11F2N3O. The minimum Gasteiger partial charge on any atom is -0.497 e. The van der Waals surface area contributed by atoms with E-state index in [1.807, 2.05) is 0 Å². The molecule has 0 amide bonds. The Labute approximate surface area is 96.4 Å². The van der Waals surface area contributed by atoms with Gasteiger partial charge in [-0.25, -0.2) is 8.78 Å². The number of halogens is 2. The van der Waals surface area contributed by atoms with Crippen LogP contribution in [0.3, 0.4) is 0 Å². The van der Waals surface area contributed by atoms with Gasteiger partial charge in [-0.3, -0.25) is 5.10 Å². The Morgan fingerprint density at radius 3 is 2.65 bits per heavy atom. The SMILES string of the molecule is COc1ccc(C(F)F)c(-c2cn[nH]c2N)c1. The highest BCUT2D eigenvalue weighted by atomic mass is 19.3. The Bertz CT molecular complexity index is 525. The molecule has 3 N–H and O–H groups in total. The van der Waals surface area contributed by atoms with Gasteiger partial charge in [-0.15, -0.1) is 0 Å². The van der Waals surface area contributed by atoms with E-state index in [2.05, 4.69) is 10.2 Å². The van der Waals surface area contributed by atoms with Crippen LogP contribution in [0.2, 0.25) is 0 Å². The van der Waals surface area contributed by atoms with Crippen LogP contribution in [0.15, 0.2) is 24.4 Å². The van der Waals surface area contributed by atoms with Crippen molar-refractivity contribution >= 4 is 5.82 Å². The highest BCUT2D eigenvalue weighted by Crippen LogP contribution is 2.35. The summed E-state index contributed by atoms with van der Waals surface area (Å²) in [6.45, 7) is 0. The van der Waals surface area contributed by atoms with E-state index in [0.29, 0.717) is 16.9 Å². The molecule has 6 heteroatoms. The number of nitrogens with two attached hydrogens (primary N) is 1. The number of hydrogen-bond acceptors (Lipinski definition) is 3. The Morgan fingerprint density at radius 1 is 1.35 bits per heavy atom. The maximum atomic E-state index is 12.9. The number of H-pyrrole nitrogens is 1. The summed E-state index contributed by atoms with van der Waals surface area (Å²) in [6.07, 6.45) is -1.17. The van der Waals surface area contributed by atoms with E-state index < -0.39 is 6.43 Å². The first-order chi connectivity index (χ1) is 8.13. The lowest BCUT2D eigenvalue weighted by Gasteiger charge is -2.10. The van der Waals surface area contributed by atoms with Crippen LogP contribution in [0, 0.1) is 0 Å². The van der Waals surface area contributed by atoms with Gasteiger partial charge < -0.3 is 10.5 Å². The van der Waals surface area contributed by atoms with Gasteiger partial charge >= 0.3 is 0 Å². The van der Waals surface area contributed by atoms with E-state index in [1.54, 1.807) is 0 Å². The number of aromatic amines is 1. The third kappa shape index (κ3) is 2.06. The number of nitrogens with zero attached hydrogens (tertiary/aromatic N) is 1. The second-order valence-corrected chi connectivity index (χ2v) is 3.45. The number of ether oxygens (including phenoxy) is 1. The normalized spacial score (nSPS) is 10.8. The Balaban J connectivity index is 2.61. The van der Waals surface area contributed by atoms with E-state index in [4.69, 9.17) is 10.5 Å². The van der Waals surface area contributed by atoms with Gasteiger partial charge in [0, 0.05) is 11.1 Å². The summed E-state index contributed by atoms with van der Waals surface area (Å²) in [6, 6.07) is 4.33. The van der Waals surface area contributed by atoms with Crippen LogP contribution >= 0.6 is 0 Å². The predicted octanol–water partition coefficient (Wildman–Crippen LogP) is 2.61. The number of nitrogen functional groups attached to an aromatic ring is 1. The van der Waals surface area contributed by atoms with Crippen molar-refractivity contribution in [2.24, 2.45) is 0 Å². The van der Waals surface area contributed by atoms with Crippen LogP contribution in [-0.4, -0.2) is 17.3 Å². The standard InChI is InChI=1S/C11H11F2N3O/c1-17-6-2-3-7(10(12)13)8(4-6)9-5-15-16-11(9)14/h2-5,10H,1H3,(H3,14,15,16). The van der Waals surface area contributed by atoms with Gasteiger partial charge in [0.15, 0.2) is 0 Å². The molecule has 0 fully saturated rings. The topological polar surface area (TPSA) is 63.9 Å². The molecule has 0 spiro atoms. The molecule has 0 radical (unpaired) electrons. The predicted molar refractivity (Wildman–Crippen MR) is 59.9 cm³/mol. The third-order valence-corrected chi connectivity index (χ3v) is 2.45. The van der Waals surface area contributed by atoms with Gasteiger partial charge in [-0.2, -0.15) is 5.10 Å². The zero-order chi connectivity index (χ0) is 12.4. The summed E-state index contributed by atoms with van der Waals surface area (Å²) in [4.78, 5) is 0. The molecular weight excluding hydrogens is 228 g/mol. The lowest BCUT2D eigenvalue weighted by atomic mass is 10.0. The largest absolute Gasteiger partial charge is 0.497 e. The van der Waals surface area contributed by atoms with Gasteiger partial charge in [0.2, 0.25) is 0 Å². The maximum absolute atomic E-state index is 12.9. The summed E-state index contributed by atoms with van der Waals surface area (Å²) < 4.78 is 30.8. The average Bonchev–Trinajstić information content (AvgIpc) is 2.74. The maximum Gasteiger partial charge on any atom is 0.264 e. The number of anilines is 1. The van der Waals surface area contributed by atoms with Gasteiger partial charge in [0.1, 0.15) is 11.6 Å². The highest BCUT2D eigenvalue weighted by Gasteiger charge is 2.17. The molecule has 0 unspecified atom stereocenters. The number of rotatable bonds is 3. The van der Waals surface area contributed by atoms with Crippen molar-refractivity contribution in [3.05, 3.63) is 30.0 Å². The van der Waals surface area contributed by atoms with E-state index in [9.17, 15) is 8.78 Å². The molecule has 0 saturated carbocycles. The number of aromatic nitrogens is 2. The van der Waals surface area contributed by atoms with E-state index in [0.717, 1.165) is 0 Å². The minimum absolute atomic E-state index is 0.0982. The molecule has 2 rings (SSSR count). The van der Waals surface area contributed by atoms with E-state index in [1.165, 1.54) is 31.5 Å². The van der Waals surface area contributed by atoms with Crippen molar-refractivity contribution in [1.82, 2.24) is 10.2 Å². The second kappa shape index (κ2) is 4.40. The molecule has 2 aromatic rings. The molecule has 17 heavy (non-hydrogen) atoms. The van der Waals surface area contributed by atoms with Crippen molar-refractivity contribution in [3.8, 4) is 16.9 Å². The first-order valence-electron chi connectivity index (χ1n) is 4.88. The molecule has 0 aliphatic heterocycles. The summed E-state index contributed by atoms with van der Waals surface area (Å²) in [5.41, 5.74) is 6.30. The van der Waals surface area contributed by atoms with Crippen LogP contribution in [-0.2, 0) is 0 Å². The average molecular weight is 239 g/mol. The smallest absolute Gasteiger partial charge is 0.264 e. The quantitative estimate of drug-likeness (QED) is 0.865. The zero-order valence-electron chi connectivity index (χ0n) is 9.08. The molecule has 1 aromatic heterocycles. The van der Waals surface area contributed by atoms with E-state index in [-0.39, 0.29) is 11.4 Å². The fourth-order valence-corrected chi connectivity index (χ4v) is 1.60. The lowest BCUT2D eigenvalue weighted by molar-refractivity contribution is 0.152. The summed E-state index contributed by atoms with van der Waals surface area (Å²) >= 11 is 0. The van der Waals surface area contributed by atoms with Crippen LogP contribution in [0.4, 0.5) is 14.6 Å². The van der Waals surface area contributed by atoms with Crippen molar-refractivity contribution in [1.29, 1.82) is 0 Å². The Kier molecular flexibility index (Phi) is 2.95. The molecule has 4 nitrogen and oxygen atoms in total. The van der Waals surface area contributed by atoms with Gasteiger partial charge in [-0.1, -0.05) is 0 Å². The van der Waals surface area contributed by atoms with Gasteiger partial charge in [0.05, 0.1) is 13.3 Å². The number of alkyl halides is 2. The van der Waals surface area contributed by atoms with Crippen molar-refractivity contribution in [3.63, 3.8) is 0 Å². The molecule has 0 saturated heterocycles. The lowest BCUT2D eigenvalue weighted by Crippen LogP contribution is -1.94. The van der Waals surface area contributed by atoms with Crippen LogP contribution in [0.5, 0.6) is 5.75 Å². The van der Waals surface area contributed by atoms with Crippen molar-refractivity contribution in [2.45, 2.75) is 6.43 Å². The summed E-state index contributed by atoms with van der Waals surface area (Å²) in [5.74, 6) is 0.741. The zero-order valence-corrected chi connectivity index (χ0v) is 9.08. The number of hydrogen-bond donors (Lipinski definition) is 2. The van der Waals surface area contributed by atoms with Crippen molar-refractivity contribution in [2.75, 3.05) is 12.8 Å². The Morgan fingerprint density at radius 2 is 2.12 bits per heavy atom. The highest BCUT2D eigenvalue weighted by molar-refractivity contribution is 5.77. The van der Waals surface area contributed by atoms with Gasteiger partial charge in [0.25, 0.3) is 6.43 Å². The minimum atomic E-state index is -2.58. The fraction of sp³-hybridized carbons (Fsp3) is 0.182. The molecule has 90 valence electrons. The first kappa shape index (κ1) is 11.4. The van der Waals surface area contributed by atoms with Crippen molar-refractivity contribution < 1.29 is 13.5 Å². The van der Waals surface area contributed by atoms with E-state index >= 15 is 0 Å². The molecule has 0 bridgehead atoms. The summed E-state index contributed by atoms with van der Waals surface area (Å²) in [5, 5.41) is 6.23. The molecule has 1 aromatic carbocycles. The fourth-order valence-electron chi connectivity index (χ4n) is 1.60. The molecule has 0 aliphatic carbocycles. The molecule has 0 aliphatic rings. The first-order valence-corrected chi connectivity index (χ1v) is 4.88. The van der Waals surface area contributed by atoms with Crippen LogP contribution in [0.25, 0.3) is 11.1 Å². The summed E-state index contributed by atoms with van der Waals surface area (Å²) in [7, 11) is 1.47.